The molecule has 100 valence electrons. The van der Waals surface area contributed by atoms with Gasteiger partial charge in [-0.2, -0.15) is 9.61 Å². The molecule has 2 aromatic heterocycles. The molecule has 0 aliphatic carbocycles. The Labute approximate surface area is 114 Å². The number of anilines is 2. The van der Waals surface area contributed by atoms with Crippen molar-refractivity contribution in [1.82, 2.24) is 14.6 Å². The largest absolute Gasteiger partial charge is 0.476 e. The molecule has 0 amide bonds. The minimum absolute atomic E-state index is 0.0218. The Bertz CT molecular complexity index is 767. The fourth-order valence-corrected chi connectivity index (χ4v) is 2.02. The zero-order valence-corrected chi connectivity index (χ0v) is 10.8. The molecule has 0 saturated carbocycles. The van der Waals surface area contributed by atoms with Crippen LogP contribution in [0.2, 0.25) is 0 Å². The SMILES string of the molecule is CN(c1ccccc1)c1ccnc2cc(C(=O)O)nn12. The molecular weight excluding hydrogens is 256 g/mol. The third kappa shape index (κ3) is 1.97. The maximum Gasteiger partial charge on any atom is 0.356 e. The second-order valence-electron chi connectivity index (χ2n) is 4.30. The van der Waals surface area contributed by atoms with Crippen LogP contribution in [-0.2, 0) is 0 Å². The highest BCUT2D eigenvalue weighted by atomic mass is 16.4. The number of benzene rings is 1. The zero-order valence-electron chi connectivity index (χ0n) is 10.8. The van der Waals surface area contributed by atoms with Gasteiger partial charge in [0.25, 0.3) is 0 Å². The van der Waals surface area contributed by atoms with Crippen LogP contribution in [0, 0.1) is 0 Å². The van der Waals surface area contributed by atoms with Gasteiger partial charge in [-0.3, -0.25) is 0 Å². The first-order valence-electron chi connectivity index (χ1n) is 6.03. The average Bonchev–Trinajstić information content (AvgIpc) is 2.91. The number of para-hydroxylation sites is 1. The summed E-state index contributed by atoms with van der Waals surface area (Å²) in [5.74, 6) is -0.322. The van der Waals surface area contributed by atoms with Crippen LogP contribution in [0.4, 0.5) is 11.5 Å². The third-order valence-electron chi connectivity index (χ3n) is 3.04. The van der Waals surface area contributed by atoms with Gasteiger partial charge in [-0.25, -0.2) is 9.78 Å². The molecule has 6 nitrogen and oxygen atoms in total. The number of carbonyl (C=O) groups is 1. The maximum absolute atomic E-state index is 11.0. The Morgan fingerprint density at radius 2 is 2.00 bits per heavy atom. The molecule has 1 N–H and O–H groups in total. The van der Waals surface area contributed by atoms with Crippen molar-refractivity contribution in [3.63, 3.8) is 0 Å². The summed E-state index contributed by atoms with van der Waals surface area (Å²) in [6.45, 7) is 0. The first-order chi connectivity index (χ1) is 9.66. The smallest absolute Gasteiger partial charge is 0.356 e. The van der Waals surface area contributed by atoms with Crippen LogP contribution in [0.3, 0.4) is 0 Å². The molecule has 0 aliphatic rings. The van der Waals surface area contributed by atoms with E-state index in [0.29, 0.717) is 5.65 Å². The number of carboxylic acids is 1. The van der Waals surface area contributed by atoms with Crippen LogP contribution >= 0.6 is 0 Å². The van der Waals surface area contributed by atoms with Gasteiger partial charge in [-0.1, -0.05) is 18.2 Å². The van der Waals surface area contributed by atoms with Gasteiger partial charge in [0.2, 0.25) is 0 Å². The predicted molar refractivity (Wildman–Crippen MR) is 74.5 cm³/mol. The molecule has 20 heavy (non-hydrogen) atoms. The van der Waals surface area contributed by atoms with Crippen molar-refractivity contribution in [2.24, 2.45) is 0 Å². The van der Waals surface area contributed by atoms with E-state index in [-0.39, 0.29) is 5.69 Å². The van der Waals surface area contributed by atoms with E-state index in [1.54, 1.807) is 12.3 Å². The van der Waals surface area contributed by atoms with Crippen molar-refractivity contribution in [2.45, 2.75) is 0 Å². The first-order valence-corrected chi connectivity index (χ1v) is 6.03. The third-order valence-corrected chi connectivity index (χ3v) is 3.04. The minimum atomic E-state index is -1.07. The van der Waals surface area contributed by atoms with Crippen molar-refractivity contribution in [3.8, 4) is 0 Å². The molecule has 6 heteroatoms. The number of aromatic carboxylic acids is 1. The molecule has 3 rings (SSSR count). The van der Waals surface area contributed by atoms with E-state index in [0.717, 1.165) is 11.5 Å². The second-order valence-corrected chi connectivity index (χ2v) is 4.30. The highest BCUT2D eigenvalue weighted by Gasteiger charge is 2.14. The van der Waals surface area contributed by atoms with E-state index in [1.165, 1.54) is 10.6 Å². The molecule has 3 aromatic rings. The maximum atomic E-state index is 11.0. The number of hydrogen-bond donors (Lipinski definition) is 1. The normalized spacial score (nSPS) is 10.7. The minimum Gasteiger partial charge on any atom is -0.476 e. The number of fused-ring (bicyclic) bond motifs is 1. The van der Waals surface area contributed by atoms with Crippen LogP contribution in [0.15, 0.2) is 48.7 Å². The van der Waals surface area contributed by atoms with Crippen LogP contribution in [0.5, 0.6) is 0 Å². The van der Waals surface area contributed by atoms with Gasteiger partial charge in [-0.05, 0) is 18.2 Å². The van der Waals surface area contributed by atoms with Gasteiger partial charge in [0.05, 0.1) is 0 Å². The Morgan fingerprint density at radius 3 is 2.70 bits per heavy atom. The Hall–Kier alpha value is -2.89. The van der Waals surface area contributed by atoms with E-state index >= 15 is 0 Å². The van der Waals surface area contributed by atoms with Gasteiger partial charge in [-0.15, -0.1) is 0 Å². The second kappa shape index (κ2) is 4.65. The van der Waals surface area contributed by atoms with E-state index in [1.807, 2.05) is 42.3 Å². The quantitative estimate of drug-likeness (QED) is 0.788. The van der Waals surface area contributed by atoms with Gasteiger partial charge in [0.1, 0.15) is 5.82 Å². The van der Waals surface area contributed by atoms with E-state index < -0.39 is 5.97 Å². The number of carboxylic acid groups (broad SMARTS) is 1. The summed E-state index contributed by atoms with van der Waals surface area (Å²) in [6.07, 6.45) is 1.64. The molecule has 0 fully saturated rings. The topological polar surface area (TPSA) is 70.7 Å². The lowest BCUT2D eigenvalue weighted by molar-refractivity contribution is 0.0690. The van der Waals surface area contributed by atoms with Crippen LogP contribution in [-0.4, -0.2) is 32.7 Å². The molecule has 0 radical (unpaired) electrons. The molecule has 0 unspecified atom stereocenters. The Morgan fingerprint density at radius 1 is 1.25 bits per heavy atom. The average molecular weight is 268 g/mol. The summed E-state index contributed by atoms with van der Waals surface area (Å²) >= 11 is 0. The lowest BCUT2D eigenvalue weighted by Gasteiger charge is -2.19. The van der Waals surface area contributed by atoms with Crippen LogP contribution in [0.1, 0.15) is 10.5 Å². The van der Waals surface area contributed by atoms with Crippen LogP contribution < -0.4 is 4.90 Å². The predicted octanol–water partition coefficient (Wildman–Crippen LogP) is 2.20. The first kappa shape index (κ1) is 12.2. The molecule has 0 saturated heterocycles. The molecule has 0 aliphatic heterocycles. The van der Waals surface area contributed by atoms with Crippen molar-refractivity contribution >= 4 is 23.1 Å². The molecule has 0 spiro atoms. The van der Waals surface area contributed by atoms with Gasteiger partial charge < -0.3 is 10.0 Å². The monoisotopic (exact) mass is 268 g/mol. The zero-order chi connectivity index (χ0) is 14.1. The molecule has 0 atom stereocenters. The van der Waals surface area contributed by atoms with E-state index in [9.17, 15) is 4.79 Å². The van der Waals surface area contributed by atoms with E-state index in [2.05, 4.69) is 10.1 Å². The van der Waals surface area contributed by atoms with Gasteiger partial charge in [0.15, 0.2) is 11.3 Å². The van der Waals surface area contributed by atoms with Gasteiger partial charge >= 0.3 is 5.97 Å². The highest BCUT2D eigenvalue weighted by Crippen LogP contribution is 2.23. The highest BCUT2D eigenvalue weighted by molar-refractivity contribution is 5.86. The summed E-state index contributed by atoms with van der Waals surface area (Å²) in [6, 6.07) is 13.0. The molecule has 0 bridgehead atoms. The van der Waals surface area contributed by atoms with Crippen LogP contribution in [0.25, 0.3) is 5.65 Å². The van der Waals surface area contributed by atoms with Crippen molar-refractivity contribution in [3.05, 3.63) is 54.4 Å². The van der Waals surface area contributed by atoms with Crippen molar-refractivity contribution < 1.29 is 9.90 Å². The molecule has 1 aromatic carbocycles. The standard InChI is InChI=1S/C14H12N4O2/c1-17(10-5-3-2-4-6-10)13-7-8-15-12-9-11(14(19)20)16-18(12)13/h2-9H,1H3,(H,19,20). The number of rotatable bonds is 3. The summed E-state index contributed by atoms with van der Waals surface area (Å²) in [5.41, 5.74) is 1.46. The summed E-state index contributed by atoms with van der Waals surface area (Å²) < 4.78 is 1.52. The lowest BCUT2D eigenvalue weighted by atomic mass is 10.3. The van der Waals surface area contributed by atoms with Crippen molar-refractivity contribution in [1.29, 1.82) is 0 Å². The Balaban J connectivity index is 2.14. The molecular formula is C14H12N4O2. The lowest BCUT2D eigenvalue weighted by Crippen LogP contribution is -2.14. The fraction of sp³-hybridized carbons (Fsp3) is 0.0714. The number of aromatic nitrogens is 3. The summed E-state index contributed by atoms with van der Waals surface area (Å²) in [5, 5.41) is 13.1. The summed E-state index contributed by atoms with van der Waals surface area (Å²) in [7, 11) is 1.90. The van der Waals surface area contributed by atoms with Gasteiger partial charge in [0, 0.05) is 25.0 Å². The van der Waals surface area contributed by atoms with E-state index in [4.69, 9.17) is 5.11 Å². The summed E-state index contributed by atoms with van der Waals surface area (Å²) in [4.78, 5) is 17.1. The Kier molecular flexibility index (Phi) is 2.83. The van der Waals surface area contributed by atoms with Crippen molar-refractivity contribution in [2.75, 3.05) is 11.9 Å². The number of hydrogen-bond acceptors (Lipinski definition) is 4. The molecule has 2 heterocycles. The fourth-order valence-electron chi connectivity index (χ4n) is 2.02. The number of nitrogens with zero attached hydrogens (tertiary/aromatic N) is 4.